The summed E-state index contributed by atoms with van der Waals surface area (Å²) in [5.74, 6) is -1.32. The summed E-state index contributed by atoms with van der Waals surface area (Å²) < 4.78 is 19.3. The van der Waals surface area contributed by atoms with Gasteiger partial charge in [0.05, 0.1) is 10.7 Å². The third-order valence-corrected chi connectivity index (χ3v) is 3.62. The summed E-state index contributed by atoms with van der Waals surface area (Å²) in [4.78, 5) is 22.9. The fourth-order valence-corrected chi connectivity index (χ4v) is 2.38. The van der Waals surface area contributed by atoms with E-state index >= 15 is 0 Å². The molecule has 0 aliphatic heterocycles. The minimum Gasteiger partial charge on any atom is -0.481 e. The minimum atomic E-state index is -0.574. The molecule has 0 aromatic heterocycles. The highest BCUT2D eigenvalue weighted by atomic mass is 79.9. The zero-order valence-corrected chi connectivity index (χ0v) is 14.9. The second-order valence-corrected chi connectivity index (χ2v) is 6.11. The van der Waals surface area contributed by atoms with Crippen molar-refractivity contribution in [3.63, 3.8) is 0 Å². The molecular formula is C16H13BrClFN2O3. The highest BCUT2D eigenvalue weighted by Gasteiger charge is 2.10. The van der Waals surface area contributed by atoms with Crippen molar-refractivity contribution in [1.82, 2.24) is 0 Å². The first kappa shape index (κ1) is 18.2. The zero-order valence-electron chi connectivity index (χ0n) is 12.5. The molecule has 2 rings (SSSR count). The highest BCUT2D eigenvalue weighted by molar-refractivity contribution is 9.10. The SMILES string of the molecule is CC(=O)Nc1ccc(NC(=O)COc2ccc(Br)cc2F)c(Cl)c1. The Morgan fingerprint density at radius 2 is 1.96 bits per heavy atom. The molecule has 2 amide bonds. The first-order valence-corrected chi connectivity index (χ1v) is 7.97. The van der Waals surface area contributed by atoms with Crippen LogP contribution in [0.25, 0.3) is 0 Å². The molecule has 0 saturated carbocycles. The molecule has 8 heteroatoms. The smallest absolute Gasteiger partial charge is 0.262 e. The number of hydrogen-bond acceptors (Lipinski definition) is 3. The Labute approximate surface area is 151 Å². The molecule has 0 bridgehead atoms. The molecule has 0 spiro atoms. The summed E-state index contributed by atoms with van der Waals surface area (Å²) >= 11 is 9.18. The Morgan fingerprint density at radius 1 is 1.21 bits per heavy atom. The fourth-order valence-electron chi connectivity index (χ4n) is 1.82. The predicted octanol–water partition coefficient (Wildman–Crippen LogP) is 4.22. The lowest BCUT2D eigenvalue weighted by Gasteiger charge is -2.11. The summed E-state index contributed by atoms with van der Waals surface area (Å²) in [6.45, 7) is 1.00. The van der Waals surface area contributed by atoms with Crippen LogP contribution in [0.15, 0.2) is 40.9 Å². The Kier molecular flexibility index (Phi) is 6.16. The van der Waals surface area contributed by atoms with Crippen LogP contribution in [0, 0.1) is 5.82 Å². The summed E-state index contributed by atoms with van der Waals surface area (Å²) in [7, 11) is 0. The molecule has 0 atom stereocenters. The van der Waals surface area contributed by atoms with Crippen LogP contribution >= 0.6 is 27.5 Å². The van der Waals surface area contributed by atoms with Crippen LogP contribution in [-0.4, -0.2) is 18.4 Å². The summed E-state index contributed by atoms with van der Waals surface area (Å²) in [6.07, 6.45) is 0. The zero-order chi connectivity index (χ0) is 17.7. The predicted molar refractivity (Wildman–Crippen MR) is 94.0 cm³/mol. The normalized spacial score (nSPS) is 10.2. The van der Waals surface area contributed by atoms with Crippen molar-refractivity contribution in [3.05, 3.63) is 51.7 Å². The van der Waals surface area contributed by atoms with Gasteiger partial charge in [0.2, 0.25) is 5.91 Å². The average Bonchev–Trinajstić information content (AvgIpc) is 2.48. The highest BCUT2D eigenvalue weighted by Crippen LogP contribution is 2.26. The Bertz CT molecular complexity index is 786. The van der Waals surface area contributed by atoms with Gasteiger partial charge in [-0.05, 0) is 36.4 Å². The molecule has 0 aliphatic rings. The molecule has 2 N–H and O–H groups in total. The number of nitrogens with one attached hydrogen (secondary N) is 2. The molecule has 0 saturated heterocycles. The minimum absolute atomic E-state index is 0.0274. The third kappa shape index (κ3) is 5.21. The van der Waals surface area contributed by atoms with Gasteiger partial charge in [0, 0.05) is 17.1 Å². The van der Waals surface area contributed by atoms with E-state index in [0.717, 1.165) is 0 Å². The van der Waals surface area contributed by atoms with E-state index < -0.39 is 11.7 Å². The van der Waals surface area contributed by atoms with Crippen molar-refractivity contribution in [3.8, 4) is 5.75 Å². The number of carbonyl (C=O) groups excluding carboxylic acids is 2. The molecule has 0 heterocycles. The van der Waals surface area contributed by atoms with Gasteiger partial charge in [0.25, 0.3) is 5.91 Å². The molecule has 2 aromatic rings. The fraction of sp³-hybridized carbons (Fsp3) is 0.125. The maximum Gasteiger partial charge on any atom is 0.262 e. The number of benzene rings is 2. The van der Waals surface area contributed by atoms with Crippen LogP contribution in [0.5, 0.6) is 5.75 Å². The van der Waals surface area contributed by atoms with Gasteiger partial charge in [-0.15, -0.1) is 0 Å². The van der Waals surface area contributed by atoms with Crippen LogP contribution in [-0.2, 0) is 9.59 Å². The number of ether oxygens (including phenoxy) is 1. The monoisotopic (exact) mass is 414 g/mol. The van der Waals surface area contributed by atoms with Crippen molar-refractivity contribution >= 4 is 50.7 Å². The lowest BCUT2D eigenvalue weighted by atomic mass is 10.2. The first-order valence-electron chi connectivity index (χ1n) is 6.80. The Balaban J connectivity index is 1.95. The molecular weight excluding hydrogens is 403 g/mol. The topological polar surface area (TPSA) is 67.4 Å². The molecule has 5 nitrogen and oxygen atoms in total. The van der Waals surface area contributed by atoms with E-state index in [0.29, 0.717) is 15.8 Å². The van der Waals surface area contributed by atoms with Crippen molar-refractivity contribution in [2.45, 2.75) is 6.92 Å². The second-order valence-electron chi connectivity index (χ2n) is 4.79. The van der Waals surface area contributed by atoms with Crippen LogP contribution in [0.2, 0.25) is 5.02 Å². The van der Waals surface area contributed by atoms with Crippen molar-refractivity contribution in [2.75, 3.05) is 17.2 Å². The van der Waals surface area contributed by atoms with Gasteiger partial charge in [-0.2, -0.15) is 0 Å². The van der Waals surface area contributed by atoms with E-state index in [2.05, 4.69) is 26.6 Å². The van der Waals surface area contributed by atoms with Crippen molar-refractivity contribution in [2.24, 2.45) is 0 Å². The van der Waals surface area contributed by atoms with E-state index in [-0.39, 0.29) is 23.3 Å². The van der Waals surface area contributed by atoms with Crippen LogP contribution in [0.3, 0.4) is 0 Å². The number of carbonyl (C=O) groups is 2. The summed E-state index contributed by atoms with van der Waals surface area (Å²) in [6, 6.07) is 8.92. The first-order chi connectivity index (χ1) is 11.3. The maximum atomic E-state index is 13.6. The molecule has 126 valence electrons. The molecule has 0 fully saturated rings. The van der Waals surface area contributed by atoms with E-state index in [9.17, 15) is 14.0 Å². The largest absolute Gasteiger partial charge is 0.481 e. The molecule has 24 heavy (non-hydrogen) atoms. The molecule has 2 aromatic carbocycles. The van der Waals surface area contributed by atoms with E-state index in [1.165, 1.54) is 25.1 Å². The van der Waals surface area contributed by atoms with Gasteiger partial charge in [0.1, 0.15) is 0 Å². The second kappa shape index (κ2) is 8.12. The average molecular weight is 416 g/mol. The van der Waals surface area contributed by atoms with Crippen LogP contribution in [0.4, 0.5) is 15.8 Å². The summed E-state index contributed by atoms with van der Waals surface area (Å²) in [5.41, 5.74) is 0.870. The van der Waals surface area contributed by atoms with E-state index in [4.69, 9.17) is 16.3 Å². The van der Waals surface area contributed by atoms with Gasteiger partial charge in [0.15, 0.2) is 18.2 Å². The Hall–Kier alpha value is -2.12. The standard InChI is InChI=1S/C16H13BrClFN2O3/c1-9(22)20-11-3-4-14(12(18)7-11)21-16(23)8-24-15-5-2-10(17)6-13(15)19/h2-7H,8H2,1H3,(H,20,22)(H,21,23). The van der Waals surface area contributed by atoms with Gasteiger partial charge in [-0.25, -0.2) is 4.39 Å². The van der Waals surface area contributed by atoms with Crippen molar-refractivity contribution < 1.29 is 18.7 Å². The van der Waals surface area contributed by atoms with E-state index in [1.807, 2.05) is 0 Å². The van der Waals surface area contributed by atoms with Gasteiger partial charge >= 0.3 is 0 Å². The van der Waals surface area contributed by atoms with E-state index in [1.54, 1.807) is 18.2 Å². The molecule has 0 aliphatic carbocycles. The maximum absolute atomic E-state index is 13.6. The third-order valence-electron chi connectivity index (χ3n) is 2.82. The number of hydrogen-bond donors (Lipinski definition) is 2. The summed E-state index contributed by atoms with van der Waals surface area (Å²) in [5, 5.41) is 5.38. The number of halogens is 3. The van der Waals surface area contributed by atoms with Gasteiger partial charge in [-0.1, -0.05) is 27.5 Å². The lowest BCUT2D eigenvalue weighted by molar-refractivity contribution is -0.118. The number of rotatable bonds is 5. The van der Waals surface area contributed by atoms with Crippen LogP contribution in [0.1, 0.15) is 6.92 Å². The molecule has 0 radical (unpaired) electrons. The lowest BCUT2D eigenvalue weighted by Crippen LogP contribution is -2.20. The quantitative estimate of drug-likeness (QED) is 0.768. The van der Waals surface area contributed by atoms with Crippen LogP contribution < -0.4 is 15.4 Å². The van der Waals surface area contributed by atoms with Crippen molar-refractivity contribution in [1.29, 1.82) is 0 Å². The number of anilines is 2. The van der Waals surface area contributed by atoms with Gasteiger partial charge < -0.3 is 15.4 Å². The number of amides is 2. The molecule has 0 unspecified atom stereocenters. The van der Waals surface area contributed by atoms with Gasteiger partial charge in [-0.3, -0.25) is 9.59 Å². The Morgan fingerprint density at radius 3 is 2.58 bits per heavy atom.